The Balaban J connectivity index is 1.81. The second-order valence-electron chi connectivity index (χ2n) is 4.58. The molecule has 0 aromatic heterocycles. The van der Waals surface area contributed by atoms with Gasteiger partial charge < -0.3 is 0 Å². The van der Waals surface area contributed by atoms with Crippen molar-refractivity contribution in [3.63, 3.8) is 0 Å². The van der Waals surface area contributed by atoms with Crippen molar-refractivity contribution in [3.05, 3.63) is 12.2 Å². The molecule has 1 rings (SSSR count). The van der Waals surface area contributed by atoms with Gasteiger partial charge >= 0.3 is 0 Å². The van der Waals surface area contributed by atoms with Gasteiger partial charge in [0.2, 0.25) is 0 Å². The van der Waals surface area contributed by atoms with Crippen LogP contribution < -0.4 is 0 Å². The third-order valence-electron chi connectivity index (χ3n) is 3.32. The largest absolute Gasteiger partial charge is 0.0877 e. The Bertz CT molecular complexity index is 146. The lowest BCUT2D eigenvalue weighted by Crippen LogP contribution is -2.02. The van der Waals surface area contributed by atoms with Crippen LogP contribution in [0, 0.1) is 11.8 Å². The van der Waals surface area contributed by atoms with Gasteiger partial charge in [-0.1, -0.05) is 58.1 Å². The zero-order chi connectivity index (χ0) is 9.52. The summed E-state index contributed by atoms with van der Waals surface area (Å²) in [6.07, 6.45) is 14.6. The lowest BCUT2D eigenvalue weighted by molar-refractivity contribution is 0.454. The van der Waals surface area contributed by atoms with Crippen LogP contribution in [0.15, 0.2) is 12.2 Å². The fourth-order valence-corrected chi connectivity index (χ4v) is 1.82. The molecule has 0 aromatic carbocycles. The van der Waals surface area contributed by atoms with Gasteiger partial charge in [0.15, 0.2) is 0 Å². The molecule has 0 nitrogen and oxygen atoms in total. The van der Waals surface area contributed by atoms with Gasteiger partial charge in [0, 0.05) is 0 Å². The highest BCUT2D eigenvalue weighted by Crippen LogP contribution is 2.23. The molecule has 0 bridgehead atoms. The van der Waals surface area contributed by atoms with Crippen LogP contribution in [-0.4, -0.2) is 0 Å². The third-order valence-corrected chi connectivity index (χ3v) is 3.32. The number of unbranched alkanes of at least 4 members (excludes halogenated alkanes) is 2. The minimum Gasteiger partial charge on any atom is -0.0877 e. The van der Waals surface area contributed by atoms with Crippen molar-refractivity contribution in [1.82, 2.24) is 0 Å². The Kier molecular flexibility index (Phi) is 5.19. The molecule has 0 aliphatic heterocycles. The number of hydrogen-bond donors (Lipinski definition) is 0. The average Bonchev–Trinajstić information content (AvgIpc) is 2.07. The van der Waals surface area contributed by atoms with Gasteiger partial charge in [-0.3, -0.25) is 0 Å². The highest BCUT2D eigenvalue weighted by atomic mass is 14.1. The van der Waals surface area contributed by atoms with Gasteiger partial charge in [0.25, 0.3) is 0 Å². The Hall–Kier alpha value is -0.260. The van der Waals surface area contributed by atoms with E-state index >= 15 is 0 Å². The maximum atomic E-state index is 2.37. The van der Waals surface area contributed by atoms with Crippen LogP contribution in [0.2, 0.25) is 0 Å². The number of hydrogen-bond acceptors (Lipinski definition) is 0. The third kappa shape index (κ3) is 4.50. The summed E-state index contributed by atoms with van der Waals surface area (Å²) in [6, 6.07) is 0. The summed E-state index contributed by atoms with van der Waals surface area (Å²) < 4.78 is 0. The molecule has 0 saturated heterocycles. The molecule has 0 aromatic rings. The topological polar surface area (TPSA) is 0 Å². The summed E-state index contributed by atoms with van der Waals surface area (Å²) >= 11 is 0. The second kappa shape index (κ2) is 6.23. The zero-order valence-corrected chi connectivity index (χ0v) is 9.26. The Morgan fingerprint density at radius 2 is 2.08 bits per heavy atom. The summed E-state index contributed by atoms with van der Waals surface area (Å²) in [5.74, 6) is 1.90. The quantitative estimate of drug-likeness (QED) is 0.398. The van der Waals surface area contributed by atoms with Crippen LogP contribution in [0.25, 0.3) is 0 Å². The Morgan fingerprint density at radius 3 is 2.62 bits per heavy atom. The van der Waals surface area contributed by atoms with Crippen LogP contribution >= 0.6 is 0 Å². The molecule has 2 atom stereocenters. The summed E-state index contributed by atoms with van der Waals surface area (Å²) in [5.41, 5.74) is 0. The monoisotopic (exact) mass is 180 g/mol. The maximum Gasteiger partial charge on any atom is -0.0199 e. The maximum absolute atomic E-state index is 2.37. The van der Waals surface area contributed by atoms with E-state index in [2.05, 4.69) is 26.0 Å². The van der Waals surface area contributed by atoms with E-state index in [1.165, 1.54) is 44.9 Å². The second-order valence-corrected chi connectivity index (χ2v) is 4.58. The van der Waals surface area contributed by atoms with E-state index in [0.717, 1.165) is 11.8 Å². The van der Waals surface area contributed by atoms with Crippen molar-refractivity contribution < 1.29 is 0 Å². The SMILES string of the molecule is CCC(C)CCCCCC1C=CC1. The van der Waals surface area contributed by atoms with Crippen LogP contribution in [0.4, 0.5) is 0 Å². The summed E-state index contributed by atoms with van der Waals surface area (Å²) in [6.45, 7) is 4.67. The standard InChI is InChI=1S/C13H24/c1-3-12(2)8-5-4-6-9-13-10-7-11-13/h7,10,12-13H,3-6,8-9,11H2,1-2H3. The predicted molar refractivity (Wildman–Crippen MR) is 59.8 cm³/mol. The number of allylic oxidation sites excluding steroid dienone is 2. The molecule has 0 saturated carbocycles. The van der Waals surface area contributed by atoms with Crippen LogP contribution in [0.1, 0.15) is 58.8 Å². The minimum absolute atomic E-state index is 0.948. The first-order chi connectivity index (χ1) is 6.33. The van der Waals surface area contributed by atoms with E-state index in [0.29, 0.717) is 0 Å². The molecule has 1 aliphatic rings. The molecule has 0 heteroatoms. The van der Waals surface area contributed by atoms with Crippen molar-refractivity contribution in [1.29, 1.82) is 0 Å². The number of rotatable bonds is 7. The molecule has 2 unspecified atom stereocenters. The molecule has 0 amide bonds. The first-order valence-corrected chi connectivity index (χ1v) is 5.99. The van der Waals surface area contributed by atoms with Gasteiger partial charge in [0.1, 0.15) is 0 Å². The summed E-state index contributed by atoms with van der Waals surface area (Å²) in [5, 5.41) is 0. The van der Waals surface area contributed by atoms with Gasteiger partial charge in [-0.2, -0.15) is 0 Å². The Morgan fingerprint density at radius 1 is 1.31 bits per heavy atom. The van der Waals surface area contributed by atoms with E-state index in [9.17, 15) is 0 Å². The average molecular weight is 180 g/mol. The molecule has 0 heterocycles. The minimum atomic E-state index is 0.948. The van der Waals surface area contributed by atoms with Crippen molar-refractivity contribution >= 4 is 0 Å². The molecule has 13 heavy (non-hydrogen) atoms. The molecule has 1 aliphatic carbocycles. The lowest BCUT2D eigenvalue weighted by Gasteiger charge is -2.17. The lowest BCUT2D eigenvalue weighted by atomic mass is 9.89. The predicted octanol–water partition coefficient (Wildman–Crippen LogP) is 4.56. The highest BCUT2D eigenvalue weighted by molar-refractivity contribution is 5.01. The molecule has 0 radical (unpaired) electrons. The van der Waals surface area contributed by atoms with E-state index in [-0.39, 0.29) is 0 Å². The van der Waals surface area contributed by atoms with Gasteiger partial charge in [-0.05, 0) is 24.7 Å². The van der Waals surface area contributed by atoms with Crippen molar-refractivity contribution in [2.45, 2.75) is 58.8 Å². The van der Waals surface area contributed by atoms with Gasteiger partial charge in [-0.15, -0.1) is 0 Å². The smallest absolute Gasteiger partial charge is 0.0199 e. The van der Waals surface area contributed by atoms with E-state index in [1.807, 2.05) is 0 Å². The fraction of sp³-hybridized carbons (Fsp3) is 0.846. The summed E-state index contributed by atoms with van der Waals surface area (Å²) in [4.78, 5) is 0. The fourth-order valence-electron chi connectivity index (χ4n) is 1.82. The molecule has 0 fully saturated rings. The molecule has 0 N–H and O–H groups in total. The Labute approximate surface area is 83.4 Å². The van der Waals surface area contributed by atoms with Crippen LogP contribution in [0.3, 0.4) is 0 Å². The van der Waals surface area contributed by atoms with Crippen LogP contribution in [-0.2, 0) is 0 Å². The van der Waals surface area contributed by atoms with Gasteiger partial charge in [-0.25, -0.2) is 0 Å². The zero-order valence-electron chi connectivity index (χ0n) is 9.26. The molecular weight excluding hydrogens is 156 g/mol. The molecular formula is C13H24. The first kappa shape index (κ1) is 10.8. The van der Waals surface area contributed by atoms with Gasteiger partial charge in [0.05, 0.1) is 0 Å². The van der Waals surface area contributed by atoms with E-state index < -0.39 is 0 Å². The van der Waals surface area contributed by atoms with Crippen molar-refractivity contribution in [2.75, 3.05) is 0 Å². The van der Waals surface area contributed by atoms with E-state index in [4.69, 9.17) is 0 Å². The van der Waals surface area contributed by atoms with Crippen molar-refractivity contribution in [2.24, 2.45) is 11.8 Å². The highest BCUT2D eigenvalue weighted by Gasteiger charge is 2.08. The van der Waals surface area contributed by atoms with Crippen molar-refractivity contribution in [3.8, 4) is 0 Å². The van der Waals surface area contributed by atoms with Crippen LogP contribution in [0.5, 0.6) is 0 Å². The normalized spacial score (nSPS) is 22.8. The van der Waals surface area contributed by atoms with E-state index in [1.54, 1.807) is 0 Å². The molecule has 76 valence electrons. The first-order valence-electron chi connectivity index (χ1n) is 5.99. The molecule has 0 spiro atoms. The summed E-state index contributed by atoms with van der Waals surface area (Å²) in [7, 11) is 0.